The average molecular weight is 453 g/mol. The van der Waals surface area contributed by atoms with E-state index in [4.69, 9.17) is 9.47 Å². The number of phenols is 1. The summed E-state index contributed by atoms with van der Waals surface area (Å²) in [6.45, 7) is 7.47. The number of aliphatic hydroxyl groups is 1. The van der Waals surface area contributed by atoms with Gasteiger partial charge in [0, 0.05) is 0 Å². The third kappa shape index (κ3) is 8.58. The summed E-state index contributed by atoms with van der Waals surface area (Å²) in [5, 5.41) is 19.8. The SMILES string of the molecule is C=CCC(CC=C)OC1CC(/C=C/C(=O)CC(=O)/C=C/c2ccc(O)c(OC)c2)CC=C1O. The van der Waals surface area contributed by atoms with Gasteiger partial charge in [-0.15, -0.1) is 13.2 Å². The predicted molar refractivity (Wildman–Crippen MR) is 129 cm³/mol. The van der Waals surface area contributed by atoms with Crippen molar-refractivity contribution < 1.29 is 29.3 Å². The van der Waals surface area contributed by atoms with Crippen LogP contribution in [0.1, 0.15) is 37.7 Å². The maximum atomic E-state index is 12.2. The Morgan fingerprint density at radius 3 is 2.52 bits per heavy atom. The number of rotatable bonds is 13. The lowest BCUT2D eigenvalue weighted by molar-refractivity contribution is -0.121. The van der Waals surface area contributed by atoms with Crippen LogP contribution in [0.15, 0.2) is 73.6 Å². The number of carbonyl (C=O) groups excluding carboxylic acids is 2. The molecule has 1 aliphatic carbocycles. The van der Waals surface area contributed by atoms with Crippen molar-refractivity contribution in [2.75, 3.05) is 7.11 Å². The van der Waals surface area contributed by atoms with Crippen LogP contribution >= 0.6 is 0 Å². The van der Waals surface area contributed by atoms with Crippen LogP contribution in [0.25, 0.3) is 6.08 Å². The number of ketones is 2. The Hall–Kier alpha value is -3.38. The van der Waals surface area contributed by atoms with E-state index in [1.807, 2.05) is 0 Å². The lowest BCUT2D eigenvalue weighted by atomic mass is 9.90. The molecule has 1 aliphatic rings. The normalized spacial score (nSPS) is 18.4. The highest BCUT2D eigenvalue weighted by molar-refractivity contribution is 6.09. The second-order valence-corrected chi connectivity index (χ2v) is 7.89. The van der Waals surface area contributed by atoms with Crippen LogP contribution in [0.3, 0.4) is 0 Å². The number of phenolic OH excluding ortho intramolecular Hbond substituents is 1. The molecule has 6 heteroatoms. The van der Waals surface area contributed by atoms with Gasteiger partial charge in [-0.2, -0.15) is 0 Å². The van der Waals surface area contributed by atoms with Crippen molar-refractivity contribution in [3.8, 4) is 11.5 Å². The zero-order valence-electron chi connectivity index (χ0n) is 19.0. The van der Waals surface area contributed by atoms with Crippen LogP contribution < -0.4 is 4.74 Å². The molecule has 2 unspecified atom stereocenters. The molecule has 0 amide bonds. The van der Waals surface area contributed by atoms with Crippen molar-refractivity contribution in [3.63, 3.8) is 0 Å². The number of ether oxygens (including phenoxy) is 2. The van der Waals surface area contributed by atoms with E-state index in [2.05, 4.69) is 13.2 Å². The van der Waals surface area contributed by atoms with Gasteiger partial charge in [0.25, 0.3) is 0 Å². The highest BCUT2D eigenvalue weighted by atomic mass is 16.5. The van der Waals surface area contributed by atoms with Gasteiger partial charge in [0.05, 0.1) is 19.6 Å². The minimum atomic E-state index is -0.444. The first-order chi connectivity index (χ1) is 15.9. The van der Waals surface area contributed by atoms with Gasteiger partial charge in [-0.3, -0.25) is 9.59 Å². The maximum absolute atomic E-state index is 12.2. The first kappa shape index (κ1) is 25.9. The van der Waals surface area contributed by atoms with E-state index in [0.717, 1.165) is 0 Å². The molecule has 0 heterocycles. The molecular weight excluding hydrogens is 420 g/mol. The maximum Gasteiger partial charge on any atom is 0.163 e. The summed E-state index contributed by atoms with van der Waals surface area (Å²) < 4.78 is 11.1. The number of hydrogen-bond acceptors (Lipinski definition) is 6. The number of allylic oxidation sites excluding steroid dienone is 4. The number of methoxy groups -OCH3 is 1. The Morgan fingerprint density at radius 1 is 1.15 bits per heavy atom. The van der Waals surface area contributed by atoms with Crippen LogP contribution in [0.4, 0.5) is 0 Å². The molecule has 6 nitrogen and oxygen atoms in total. The Balaban J connectivity index is 1.89. The van der Waals surface area contributed by atoms with E-state index in [1.54, 1.807) is 42.5 Å². The van der Waals surface area contributed by atoms with Gasteiger partial charge in [-0.1, -0.05) is 30.4 Å². The first-order valence-electron chi connectivity index (χ1n) is 10.9. The largest absolute Gasteiger partial charge is 0.510 e. The van der Waals surface area contributed by atoms with E-state index in [-0.39, 0.29) is 41.5 Å². The summed E-state index contributed by atoms with van der Waals surface area (Å²) in [5.74, 6) is -0.0694. The number of carbonyl (C=O) groups is 2. The Morgan fingerprint density at radius 2 is 1.85 bits per heavy atom. The van der Waals surface area contributed by atoms with Gasteiger partial charge < -0.3 is 19.7 Å². The third-order valence-corrected chi connectivity index (χ3v) is 5.26. The summed E-state index contributed by atoms with van der Waals surface area (Å²) in [6.07, 6.45) is 13.0. The molecule has 2 rings (SSSR count). The smallest absolute Gasteiger partial charge is 0.163 e. The standard InChI is InChI=1S/C27H32O6/c1-4-6-23(7-5-2)33-27-17-20(11-15-25(27)31)9-13-22(29)18-21(28)12-8-19-10-14-24(30)26(16-19)32-3/h4-5,8-10,12-16,20,23,27,30-31H,1-2,6-7,11,17-18H2,3H3/b12-8+,13-9+. The molecule has 0 aliphatic heterocycles. The summed E-state index contributed by atoms with van der Waals surface area (Å²) in [5.41, 5.74) is 0.673. The molecule has 0 fully saturated rings. The van der Waals surface area contributed by atoms with Gasteiger partial charge in [0.15, 0.2) is 23.1 Å². The zero-order chi connectivity index (χ0) is 24.2. The summed E-state index contributed by atoms with van der Waals surface area (Å²) >= 11 is 0. The number of benzene rings is 1. The molecule has 2 atom stereocenters. The highest BCUT2D eigenvalue weighted by Gasteiger charge is 2.26. The fourth-order valence-corrected chi connectivity index (χ4v) is 3.51. The van der Waals surface area contributed by atoms with E-state index in [1.165, 1.54) is 25.3 Å². The van der Waals surface area contributed by atoms with Crippen LogP contribution in [-0.4, -0.2) is 41.1 Å². The first-order valence-corrected chi connectivity index (χ1v) is 10.9. The second kappa shape index (κ2) is 13.2. The van der Waals surface area contributed by atoms with Gasteiger partial charge in [0.2, 0.25) is 0 Å². The van der Waals surface area contributed by atoms with Crippen LogP contribution in [0.5, 0.6) is 11.5 Å². The van der Waals surface area contributed by atoms with Crippen molar-refractivity contribution in [3.05, 3.63) is 79.1 Å². The van der Waals surface area contributed by atoms with Crippen molar-refractivity contribution in [1.82, 2.24) is 0 Å². The Labute approximate surface area is 195 Å². The molecular formula is C27H32O6. The fourth-order valence-electron chi connectivity index (χ4n) is 3.51. The van der Waals surface area contributed by atoms with E-state index in [0.29, 0.717) is 37.0 Å². The van der Waals surface area contributed by atoms with E-state index >= 15 is 0 Å². The molecule has 2 N–H and O–H groups in total. The quantitative estimate of drug-likeness (QED) is 0.241. The molecule has 0 saturated heterocycles. The summed E-state index contributed by atoms with van der Waals surface area (Å²) in [4.78, 5) is 24.4. The molecule has 33 heavy (non-hydrogen) atoms. The number of aliphatic hydroxyl groups excluding tert-OH is 1. The highest BCUT2D eigenvalue weighted by Crippen LogP contribution is 2.28. The third-order valence-electron chi connectivity index (χ3n) is 5.26. The van der Waals surface area contributed by atoms with Crippen LogP contribution in [0.2, 0.25) is 0 Å². The van der Waals surface area contributed by atoms with Crippen molar-refractivity contribution in [2.24, 2.45) is 5.92 Å². The number of hydrogen-bond donors (Lipinski definition) is 2. The Kier molecular flexibility index (Phi) is 10.4. The molecule has 176 valence electrons. The summed E-state index contributed by atoms with van der Waals surface area (Å²) in [7, 11) is 1.44. The zero-order valence-corrected chi connectivity index (χ0v) is 19.0. The fraction of sp³-hybridized carbons (Fsp3) is 0.333. The molecule has 0 saturated carbocycles. The van der Waals surface area contributed by atoms with Crippen molar-refractivity contribution >= 4 is 17.6 Å². The monoisotopic (exact) mass is 452 g/mol. The molecule has 0 bridgehead atoms. The Bertz CT molecular complexity index is 930. The van der Waals surface area contributed by atoms with Gasteiger partial charge in [0.1, 0.15) is 11.9 Å². The second-order valence-electron chi connectivity index (χ2n) is 7.89. The average Bonchev–Trinajstić information content (AvgIpc) is 2.79. The van der Waals surface area contributed by atoms with Crippen LogP contribution in [-0.2, 0) is 14.3 Å². The van der Waals surface area contributed by atoms with Gasteiger partial charge in [-0.05, 0) is 67.5 Å². The van der Waals surface area contributed by atoms with E-state index < -0.39 is 6.10 Å². The lowest BCUT2D eigenvalue weighted by Crippen LogP contribution is -2.28. The van der Waals surface area contributed by atoms with Crippen molar-refractivity contribution in [2.45, 2.75) is 44.3 Å². The predicted octanol–water partition coefficient (Wildman–Crippen LogP) is 5.26. The van der Waals surface area contributed by atoms with E-state index in [9.17, 15) is 19.8 Å². The lowest BCUT2D eigenvalue weighted by Gasteiger charge is -2.28. The topological polar surface area (TPSA) is 93.1 Å². The molecule has 0 spiro atoms. The van der Waals surface area contributed by atoms with Crippen molar-refractivity contribution in [1.29, 1.82) is 0 Å². The van der Waals surface area contributed by atoms with Gasteiger partial charge in [-0.25, -0.2) is 0 Å². The minimum absolute atomic E-state index is 0.0109. The molecule has 1 aromatic rings. The molecule has 1 aromatic carbocycles. The molecule has 0 aromatic heterocycles. The summed E-state index contributed by atoms with van der Waals surface area (Å²) in [6, 6.07) is 4.71. The minimum Gasteiger partial charge on any atom is -0.510 e. The molecule has 0 radical (unpaired) electrons. The van der Waals surface area contributed by atoms with Gasteiger partial charge >= 0.3 is 0 Å². The van der Waals surface area contributed by atoms with Crippen LogP contribution in [0, 0.1) is 5.92 Å². The number of aromatic hydroxyl groups is 1.